The van der Waals surface area contributed by atoms with Crippen molar-refractivity contribution in [2.24, 2.45) is 0 Å². The Morgan fingerprint density at radius 2 is 2.33 bits per heavy atom. The van der Waals surface area contributed by atoms with Crippen molar-refractivity contribution in [2.45, 2.75) is 20.0 Å². The summed E-state index contributed by atoms with van der Waals surface area (Å²) < 4.78 is 5.62. The predicted octanol–water partition coefficient (Wildman–Crippen LogP) is 2.19. The van der Waals surface area contributed by atoms with Gasteiger partial charge in [-0.2, -0.15) is 0 Å². The summed E-state index contributed by atoms with van der Waals surface area (Å²) in [6.07, 6.45) is 0.278. The van der Waals surface area contributed by atoms with E-state index in [1.54, 1.807) is 0 Å². The van der Waals surface area contributed by atoms with E-state index >= 15 is 0 Å². The third kappa shape index (κ3) is 1.24. The molecule has 2 nitrogen and oxygen atoms in total. The first-order chi connectivity index (χ1) is 5.75. The minimum atomic E-state index is 0.278. The maximum Gasteiger partial charge on any atom is 0.142 e. The van der Waals surface area contributed by atoms with Crippen LogP contribution >= 0.6 is 0 Å². The smallest absolute Gasteiger partial charge is 0.142 e. The van der Waals surface area contributed by atoms with Crippen LogP contribution in [0.2, 0.25) is 0 Å². The minimum absolute atomic E-state index is 0.278. The first kappa shape index (κ1) is 7.47. The fourth-order valence-corrected chi connectivity index (χ4v) is 1.40. The standard InChI is InChI=1S/C10H13NO/c1-7-3-4-10-9(5-7)11-6-8(2)12-10/h3-5,8,11H,6H2,1-2H3/t8-/m0/s1. The van der Waals surface area contributed by atoms with E-state index in [9.17, 15) is 0 Å². The van der Waals surface area contributed by atoms with Gasteiger partial charge in [0.25, 0.3) is 0 Å². The molecule has 1 aromatic rings. The molecule has 0 saturated carbocycles. The molecule has 1 aromatic carbocycles. The van der Waals surface area contributed by atoms with Gasteiger partial charge in [-0.25, -0.2) is 0 Å². The zero-order valence-corrected chi connectivity index (χ0v) is 7.42. The van der Waals surface area contributed by atoms with Crippen molar-refractivity contribution in [2.75, 3.05) is 11.9 Å². The van der Waals surface area contributed by atoms with Gasteiger partial charge < -0.3 is 10.1 Å². The maximum atomic E-state index is 5.62. The minimum Gasteiger partial charge on any atom is -0.487 e. The highest BCUT2D eigenvalue weighted by Crippen LogP contribution is 2.29. The number of fused-ring (bicyclic) bond motifs is 1. The molecule has 64 valence electrons. The number of rotatable bonds is 0. The van der Waals surface area contributed by atoms with Gasteiger partial charge in [-0.1, -0.05) is 6.07 Å². The second-order valence-electron chi connectivity index (χ2n) is 3.31. The van der Waals surface area contributed by atoms with E-state index in [1.165, 1.54) is 5.56 Å². The average Bonchev–Trinajstić information content (AvgIpc) is 2.05. The molecule has 1 aliphatic rings. The summed E-state index contributed by atoms with van der Waals surface area (Å²) in [7, 11) is 0. The maximum absolute atomic E-state index is 5.62. The molecular formula is C10H13NO. The van der Waals surface area contributed by atoms with Crippen LogP contribution in [0, 0.1) is 6.92 Å². The third-order valence-corrected chi connectivity index (χ3v) is 2.04. The lowest BCUT2D eigenvalue weighted by Gasteiger charge is -2.24. The number of anilines is 1. The Morgan fingerprint density at radius 1 is 1.50 bits per heavy atom. The van der Waals surface area contributed by atoms with E-state index in [0.29, 0.717) is 0 Å². The molecule has 0 spiro atoms. The predicted molar refractivity (Wildman–Crippen MR) is 49.8 cm³/mol. The van der Waals surface area contributed by atoms with E-state index in [0.717, 1.165) is 18.0 Å². The van der Waals surface area contributed by atoms with Crippen LogP contribution < -0.4 is 10.1 Å². The normalized spacial score (nSPS) is 20.7. The van der Waals surface area contributed by atoms with Crippen molar-refractivity contribution in [1.29, 1.82) is 0 Å². The van der Waals surface area contributed by atoms with Crippen molar-refractivity contribution >= 4 is 5.69 Å². The van der Waals surface area contributed by atoms with E-state index in [4.69, 9.17) is 4.74 Å². The molecule has 0 amide bonds. The Kier molecular flexibility index (Phi) is 1.68. The summed E-state index contributed by atoms with van der Waals surface area (Å²) in [6.45, 7) is 5.05. The molecule has 0 fully saturated rings. The van der Waals surface area contributed by atoms with Gasteiger partial charge in [0.1, 0.15) is 11.9 Å². The van der Waals surface area contributed by atoms with Crippen LogP contribution in [0.5, 0.6) is 5.75 Å². The molecule has 0 aliphatic carbocycles. The van der Waals surface area contributed by atoms with Crippen molar-refractivity contribution in [3.63, 3.8) is 0 Å². The summed E-state index contributed by atoms with van der Waals surface area (Å²) in [4.78, 5) is 0. The first-order valence-corrected chi connectivity index (χ1v) is 4.27. The molecule has 1 aliphatic heterocycles. The highest BCUT2D eigenvalue weighted by molar-refractivity contribution is 5.59. The SMILES string of the molecule is Cc1ccc2c(c1)NC[C@H](C)O2. The Balaban J connectivity index is 2.37. The second kappa shape index (κ2) is 2.70. The first-order valence-electron chi connectivity index (χ1n) is 4.27. The summed E-state index contributed by atoms with van der Waals surface area (Å²) in [5.74, 6) is 0.972. The number of ether oxygens (including phenoxy) is 1. The number of benzene rings is 1. The van der Waals surface area contributed by atoms with Gasteiger partial charge in [0.15, 0.2) is 0 Å². The molecule has 0 aromatic heterocycles. The van der Waals surface area contributed by atoms with Crippen molar-refractivity contribution in [3.05, 3.63) is 23.8 Å². The molecule has 2 rings (SSSR count). The summed E-state index contributed by atoms with van der Waals surface area (Å²) >= 11 is 0. The molecule has 0 bridgehead atoms. The summed E-state index contributed by atoms with van der Waals surface area (Å²) in [6, 6.07) is 6.20. The van der Waals surface area contributed by atoms with E-state index in [-0.39, 0.29) is 6.10 Å². The fraction of sp³-hybridized carbons (Fsp3) is 0.400. The number of nitrogens with one attached hydrogen (secondary N) is 1. The molecule has 1 N–H and O–H groups in total. The Hall–Kier alpha value is -1.18. The Morgan fingerprint density at radius 3 is 3.17 bits per heavy atom. The molecule has 2 heteroatoms. The zero-order valence-electron chi connectivity index (χ0n) is 7.42. The van der Waals surface area contributed by atoms with Crippen LogP contribution in [0.4, 0.5) is 5.69 Å². The molecule has 0 saturated heterocycles. The quantitative estimate of drug-likeness (QED) is 0.633. The van der Waals surface area contributed by atoms with Gasteiger partial charge in [-0.15, -0.1) is 0 Å². The highest BCUT2D eigenvalue weighted by Gasteiger charge is 2.14. The van der Waals surface area contributed by atoms with Gasteiger partial charge in [0.05, 0.1) is 12.2 Å². The van der Waals surface area contributed by atoms with Crippen molar-refractivity contribution < 1.29 is 4.74 Å². The lowest BCUT2D eigenvalue weighted by atomic mass is 10.2. The van der Waals surface area contributed by atoms with Crippen LogP contribution in [0.25, 0.3) is 0 Å². The van der Waals surface area contributed by atoms with Crippen LogP contribution in [0.15, 0.2) is 18.2 Å². The zero-order chi connectivity index (χ0) is 8.55. The van der Waals surface area contributed by atoms with Gasteiger partial charge in [-0.3, -0.25) is 0 Å². The van der Waals surface area contributed by atoms with E-state index < -0.39 is 0 Å². The summed E-state index contributed by atoms with van der Waals surface area (Å²) in [5.41, 5.74) is 2.38. The van der Waals surface area contributed by atoms with Crippen LogP contribution in [-0.4, -0.2) is 12.6 Å². The van der Waals surface area contributed by atoms with Crippen molar-refractivity contribution in [1.82, 2.24) is 0 Å². The molecule has 0 radical (unpaired) electrons. The highest BCUT2D eigenvalue weighted by atomic mass is 16.5. The van der Waals surface area contributed by atoms with Crippen LogP contribution in [0.1, 0.15) is 12.5 Å². The lowest BCUT2D eigenvalue weighted by molar-refractivity contribution is 0.226. The molecular weight excluding hydrogens is 150 g/mol. The van der Waals surface area contributed by atoms with E-state index in [1.807, 2.05) is 6.07 Å². The molecule has 0 unspecified atom stereocenters. The Labute approximate surface area is 72.5 Å². The van der Waals surface area contributed by atoms with E-state index in [2.05, 4.69) is 31.3 Å². The topological polar surface area (TPSA) is 21.3 Å². The van der Waals surface area contributed by atoms with Crippen LogP contribution in [-0.2, 0) is 0 Å². The van der Waals surface area contributed by atoms with Gasteiger partial charge in [0, 0.05) is 0 Å². The van der Waals surface area contributed by atoms with Gasteiger partial charge >= 0.3 is 0 Å². The number of hydrogen-bond acceptors (Lipinski definition) is 2. The lowest BCUT2D eigenvalue weighted by Crippen LogP contribution is -2.27. The largest absolute Gasteiger partial charge is 0.487 e. The van der Waals surface area contributed by atoms with Crippen molar-refractivity contribution in [3.8, 4) is 5.75 Å². The molecule has 1 heterocycles. The third-order valence-electron chi connectivity index (χ3n) is 2.04. The fourth-order valence-electron chi connectivity index (χ4n) is 1.40. The molecule has 12 heavy (non-hydrogen) atoms. The second-order valence-corrected chi connectivity index (χ2v) is 3.31. The Bertz CT molecular complexity index is 296. The number of aryl methyl sites for hydroxylation is 1. The molecule has 1 atom stereocenters. The van der Waals surface area contributed by atoms with Crippen LogP contribution in [0.3, 0.4) is 0 Å². The monoisotopic (exact) mass is 163 g/mol. The van der Waals surface area contributed by atoms with Gasteiger partial charge in [-0.05, 0) is 31.5 Å². The van der Waals surface area contributed by atoms with Gasteiger partial charge in [0.2, 0.25) is 0 Å². The average molecular weight is 163 g/mol. The number of hydrogen-bond donors (Lipinski definition) is 1. The summed E-state index contributed by atoms with van der Waals surface area (Å²) in [5, 5.41) is 3.33.